The van der Waals surface area contributed by atoms with Gasteiger partial charge in [-0.15, -0.1) is 0 Å². The molecule has 1 aromatic carbocycles. The average Bonchev–Trinajstić information content (AvgIpc) is 2.33. The monoisotopic (exact) mass is 225 g/mol. The zero-order valence-electron chi connectivity index (χ0n) is 9.29. The average molecular weight is 225 g/mol. The van der Waals surface area contributed by atoms with E-state index in [2.05, 4.69) is 5.32 Å². The van der Waals surface area contributed by atoms with E-state index in [9.17, 15) is 9.50 Å². The molecule has 0 radical (unpaired) electrons. The molecule has 3 nitrogen and oxygen atoms in total. The Morgan fingerprint density at radius 3 is 2.94 bits per heavy atom. The van der Waals surface area contributed by atoms with E-state index in [1.54, 1.807) is 6.07 Å². The third kappa shape index (κ3) is 2.11. The maximum atomic E-state index is 13.4. The normalized spacial score (nSPS) is 20.8. The topological polar surface area (TPSA) is 41.5 Å². The van der Waals surface area contributed by atoms with E-state index >= 15 is 0 Å². The van der Waals surface area contributed by atoms with Crippen molar-refractivity contribution >= 4 is 0 Å². The highest BCUT2D eigenvalue weighted by molar-refractivity contribution is 5.41. The Kier molecular flexibility index (Phi) is 3.29. The number of piperidine rings is 1. The van der Waals surface area contributed by atoms with Gasteiger partial charge in [0.1, 0.15) is 0 Å². The van der Waals surface area contributed by atoms with Crippen LogP contribution >= 0.6 is 0 Å². The fourth-order valence-electron chi connectivity index (χ4n) is 2.12. The SMILES string of the molecule is COc1cc(C2CCCNC2)cc(O)c1F. The first-order valence-corrected chi connectivity index (χ1v) is 5.49. The summed E-state index contributed by atoms with van der Waals surface area (Å²) >= 11 is 0. The molecule has 88 valence electrons. The molecule has 0 spiro atoms. The van der Waals surface area contributed by atoms with Gasteiger partial charge in [0.2, 0.25) is 5.82 Å². The standard InChI is InChI=1S/C12H16FNO2/c1-16-11-6-9(5-10(15)12(11)13)8-3-2-4-14-7-8/h5-6,8,14-15H,2-4,7H2,1H3. The molecule has 1 saturated heterocycles. The van der Waals surface area contributed by atoms with Crippen LogP contribution in [0.15, 0.2) is 12.1 Å². The van der Waals surface area contributed by atoms with E-state index in [0.29, 0.717) is 5.92 Å². The smallest absolute Gasteiger partial charge is 0.206 e. The number of methoxy groups -OCH3 is 1. The molecule has 1 unspecified atom stereocenters. The molecule has 1 atom stereocenters. The van der Waals surface area contributed by atoms with E-state index in [1.165, 1.54) is 13.2 Å². The first kappa shape index (κ1) is 11.2. The molecule has 0 amide bonds. The summed E-state index contributed by atoms with van der Waals surface area (Å²) in [6.45, 7) is 1.90. The lowest BCUT2D eigenvalue weighted by Gasteiger charge is -2.23. The van der Waals surface area contributed by atoms with Gasteiger partial charge in [0.25, 0.3) is 0 Å². The molecule has 1 aliphatic heterocycles. The second kappa shape index (κ2) is 4.70. The summed E-state index contributed by atoms with van der Waals surface area (Å²) in [4.78, 5) is 0. The molecule has 0 aromatic heterocycles. The van der Waals surface area contributed by atoms with Crippen LogP contribution in [-0.2, 0) is 0 Å². The maximum absolute atomic E-state index is 13.4. The van der Waals surface area contributed by atoms with Crippen molar-refractivity contribution < 1.29 is 14.2 Å². The molecule has 0 bridgehead atoms. The molecule has 4 heteroatoms. The predicted octanol–water partition coefficient (Wildman–Crippen LogP) is 2.01. The molecular weight excluding hydrogens is 209 g/mol. The fraction of sp³-hybridized carbons (Fsp3) is 0.500. The Bertz CT molecular complexity index is 376. The molecule has 16 heavy (non-hydrogen) atoms. The number of phenolic OH excluding ortho intramolecular Hbond substituents is 1. The second-order valence-electron chi connectivity index (χ2n) is 4.10. The first-order chi connectivity index (χ1) is 7.72. The van der Waals surface area contributed by atoms with Crippen molar-refractivity contribution in [3.63, 3.8) is 0 Å². The molecule has 2 rings (SSSR count). The lowest BCUT2D eigenvalue weighted by molar-refractivity contribution is 0.361. The minimum atomic E-state index is -0.685. The zero-order valence-corrected chi connectivity index (χ0v) is 9.29. The van der Waals surface area contributed by atoms with Gasteiger partial charge in [-0.1, -0.05) is 0 Å². The quantitative estimate of drug-likeness (QED) is 0.809. The van der Waals surface area contributed by atoms with Gasteiger partial charge in [-0.25, -0.2) is 0 Å². The van der Waals surface area contributed by atoms with Crippen molar-refractivity contribution in [3.05, 3.63) is 23.5 Å². The molecule has 2 N–H and O–H groups in total. The molecule has 0 aliphatic carbocycles. The highest BCUT2D eigenvalue weighted by Crippen LogP contribution is 2.33. The maximum Gasteiger partial charge on any atom is 0.206 e. The number of phenols is 1. The van der Waals surface area contributed by atoms with E-state index in [0.717, 1.165) is 31.5 Å². The lowest BCUT2D eigenvalue weighted by Crippen LogP contribution is -2.28. The summed E-state index contributed by atoms with van der Waals surface area (Å²) in [5.74, 6) is -0.579. The van der Waals surface area contributed by atoms with Gasteiger partial charge in [0, 0.05) is 6.54 Å². The van der Waals surface area contributed by atoms with Crippen molar-refractivity contribution in [2.24, 2.45) is 0 Å². The number of aromatic hydroxyl groups is 1. The summed E-state index contributed by atoms with van der Waals surface area (Å²) < 4.78 is 18.3. The Morgan fingerprint density at radius 1 is 1.50 bits per heavy atom. The Balaban J connectivity index is 2.29. The summed E-state index contributed by atoms with van der Waals surface area (Å²) in [5.41, 5.74) is 0.933. The number of hydrogen-bond donors (Lipinski definition) is 2. The highest BCUT2D eigenvalue weighted by Gasteiger charge is 2.19. The van der Waals surface area contributed by atoms with Crippen LogP contribution in [0.1, 0.15) is 24.3 Å². The van der Waals surface area contributed by atoms with E-state index in [4.69, 9.17) is 4.74 Å². The van der Waals surface area contributed by atoms with Crippen LogP contribution in [0.3, 0.4) is 0 Å². The van der Waals surface area contributed by atoms with Crippen LogP contribution in [0.2, 0.25) is 0 Å². The number of nitrogens with one attached hydrogen (secondary N) is 1. The number of benzene rings is 1. The van der Waals surface area contributed by atoms with Gasteiger partial charge in [0.15, 0.2) is 11.5 Å². The molecule has 1 fully saturated rings. The fourth-order valence-corrected chi connectivity index (χ4v) is 2.12. The molecule has 1 aliphatic rings. The Hall–Kier alpha value is -1.29. The van der Waals surface area contributed by atoms with Crippen LogP contribution < -0.4 is 10.1 Å². The van der Waals surface area contributed by atoms with Crippen molar-refractivity contribution in [2.75, 3.05) is 20.2 Å². The minimum absolute atomic E-state index is 0.112. The van der Waals surface area contributed by atoms with Gasteiger partial charge >= 0.3 is 0 Å². The van der Waals surface area contributed by atoms with Crippen molar-refractivity contribution in [1.29, 1.82) is 0 Å². The third-order valence-corrected chi connectivity index (χ3v) is 3.03. The number of hydrogen-bond acceptors (Lipinski definition) is 3. The Morgan fingerprint density at radius 2 is 2.31 bits per heavy atom. The van der Waals surface area contributed by atoms with E-state index in [-0.39, 0.29) is 11.5 Å². The Labute approximate surface area is 94.2 Å². The van der Waals surface area contributed by atoms with Crippen molar-refractivity contribution in [2.45, 2.75) is 18.8 Å². The summed E-state index contributed by atoms with van der Waals surface area (Å²) in [6.07, 6.45) is 2.16. The number of halogens is 1. The van der Waals surface area contributed by atoms with Crippen LogP contribution in [0.25, 0.3) is 0 Å². The highest BCUT2D eigenvalue weighted by atomic mass is 19.1. The van der Waals surface area contributed by atoms with Gasteiger partial charge in [0.05, 0.1) is 7.11 Å². The summed E-state index contributed by atoms with van der Waals surface area (Å²) in [6, 6.07) is 3.17. The van der Waals surface area contributed by atoms with Crippen LogP contribution in [0, 0.1) is 5.82 Å². The van der Waals surface area contributed by atoms with Crippen molar-refractivity contribution in [1.82, 2.24) is 5.32 Å². The third-order valence-electron chi connectivity index (χ3n) is 3.03. The number of ether oxygens (including phenoxy) is 1. The van der Waals surface area contributed by atoms with E-state index < -0.39 is 5.82 Å². The van der Waals surface area contributed by atoms with Gasteiger partial charge < -0.3 is 15.2 Å². The molecule has 0 saturated carbocycles. The summed E-state index contributed by atoms with van der Waals surface area (Å²) in [5, 5.41) is 12.8. The molecule has 1 heterocycles. The lowest BCUT2D eigenvalue weighted by atomic mass is 9.91. The molecular formula is C12H16FNO2. The zero-order chi connectivity index (χ0) is 11.5. The molecule has 1 aromatic rings. The number of rotatable bonds is 2. The minimum Gasteiger partial charge on any atom is -0.505 e. The largest absolute Gasteiger partial charge is 0.505 e. The van der Waals surface area contributed by atoms with Crippen LogP contribution in [-0.4, -0.2) is 25.3 Å². The van der Waals surface area contributed by atoms with Crippen LogP contribution in [0.4, 0.5) is 4.39 Å². The predicted molar refractivity (Wildman–Crippen MR) is 59.5 cm³/mol. The first-order valence-electron chi connectivity index (χ1n) is 5.49. The van der Waals surface area contributed by atoms with Gasteiger partial charge in [-0.05, 0) is 43.0 Å². The van der Waals surface area contributed by atoms with Gasteiger partial charge in [-0.3, -0.25) is 0 Å². The van der Waals surface area contributed by atoms with Crippen LogP contribution in [0.5, 0.6) is 11.5 Å². The van der Waals surface area contributed by atoms with Crippen molar-refractivity contribution in [3.8, 4) is 11.5 Å². The summed E-state index contributed by atoms with van der Waals surface area (Å²) in [7, 11) is 1.40. The second-order valence-corrected chi connectivity index (χ2v) is 4.10. The van der Waals surface area contributed by atoms with Gasteiger partial charge in [-0.2, -0.15) is 4.39 Å². The van der Waals surface area contributed by atoms with E-state index in [1.807, 2.05) is 0 Å².